The number of rotatable bonds is 8. The second-order valence-electron chi connectivity index (χ2n) is 7.47. The van der Waals surface area contributed by atoms with E-state index >= 15 is 0 Å². The van der Waals surface area contributed by atoms with Crippen molar-refractivity contribution in [1.82, 2.24) is 15.1 Å². The van der Waals surface area contributed by atoms with Crippen molar-refractivity contribution in [3.63, 3.8) is 0 Å². The fourth-order valence-corrected chi connectivity index (χ4v) is 3.91. The lowest BCUT2D eigenvalue weighted by atomic mass is 9.95. The number of morpholine rings is 1. The van der Waals surface area contributed by atoms with Gasteiger partial charge in [-0.15, -0.1) is 0 Å². The summed E-state index contributed by atoms with van der Waals surface area (Å²) in [6, 6.07) is 5.89. The lowest BCUT2D eigenvalue weighted by Gasteiger charge is -2.32. The first-order valence-corrected chi connectivity index (χ1v) is 10.2. The van der Waals surface area contributed by atoms with E-state index in [-0.39, 0.29) is 11.8 Å². The van der Waals surface area contributed by atoms with Crippen molar-refractivity contribution >= 4 is 5.91 Å². The molecule has 1 amide bonds. The molecule has 7 heteroatoms. The third-order valence-corrected chi connectivity index (χ3v) is 5.67. The molecule has 0 atom stereocenters. The molecule has 0 aliphatic carbocycles. The molecule has 3 rings (SSSR count). The Balaban J connectivity index is 1.41. The van der Waals surface area contributed by atoms with Crippen molar-refractivity contribution in [2.24, 2.45) is 5.92 Å². The Morgan fingerprint density at radius 3 is 2.54 bits per heavy atom. The molecule has 2 saturated heterocycles. The van der Waals surface area contributed by atoms with Gasteiger partial charge in [0.15, 0.2) is 0 Å². The van der Waals surface area contributed by atoms with Crippen LogP contribution in [0, 0.1) is 5.92 Å². The van der Waals surface area contributed by atoms with Crippen molar-refractivity contribution in [3.8, 4) is 11.5 Å². The average molecular weight is 392 g/mol. The maximum Gasteiger partial charge on any atom is 0.223 e. The summed E-state index contributed by atoms with van der Waals surface area (Å²) in [6.07, 6.45) is 1.80. The van der Waals surface area contributed by atoms with Gasteiger partial charge in [-0.25, -0.2) is 0 Å². The van der Waals surface area contributed by atoms with Crippen LogP contribution in [-0.2, 0) is 16.1 Å². The fraction of sp³-hybridized carbons (Fsp3) is 0.667. The Bertz CT molecular complexity index is 626. The zero-order valence-electron chi connectivity index (χ0n) is 17.1. The zero-order valence-corrected chi connectivity index (χ0v) is 17.1. The minimum atomic E-state index is 0.119. The largest absolute Gasteiger partial charge is 0.497 e. The number of piperidine rings is 1. The van der Waals surface area contributed by atoms with E-state index in [1.165, 1.54) is 0 Å². The van der Waals surface area contributed by atoms with E-state index in [4.69, 9.17) is 14.2 Å². The highest BCUT2D eigenvalue weighted by atomic mass is 16.5. The summed E-state index contributed by atoms with van der Waals surface area (Å²) in [5.74, 6) is 2.04. The van der Waals surface area contributed by atoms with Crippen LogP contribution in [0.2, 0.25) is 0 Å². The molecule has 2 aliphatic rings. The standard InChI is InChI=1S/C21H33N3O4/c1-26-19-3-4-20(27-2)18(15-19)16-24-8-5-17(6-9-24)21(25)22-7-10-23-11-13-28-14-12-23/h3-4,15,17H,5-14,16H2,1-2H3,(H,22,25). The van der Waals surface area contributed by atoms with Gasteiger partial charge >= 0.3 is 0 Å². The molecule has 1 aromatic carbocycles. The van der Waals surface area contributed by atoms with Crippen molar-refractivity contribution in [3.05, 3.63) is 23.8 Å². The van der Waals surface area contributed by atoms with E-state index in [9.17, 15) is 4.79 Å². The SMILES string of the molecule is COc1ccc(OC)c(CN2CCC(C(=O)NCCN3CCOCC3)CC2)c1. The smallest absolute Gasteiger partial charge is 0.223 e. The van der Waals surface area contributed by atoms with E-state index in [1.54, 1.807) is 14.2 Å². The first-order valence-electron chi connectivity index (χ1n) is 10.2. The van der Waals surface area contributed by atoms with Crippen LogP contribution in [-0.4, -0.2) is 82.4 Å². The number of hydrogen-bond donors (Lipinski definition) is 1. The second kappa shape index (κ2) is 10.6. The summed E-state index contributed by atoms with van der Waals surface area (Å²) in [7, 11) is 3.37. The lowest BCUT2D eigenvalue weighted by Crippen LogP contribution is -2.44. The minimum Gasteiger partial charge on any atom is -0.497 e. The van der Waals surface area contributed by atoms with Crippen LogP contribution in [0.1, 0.15) is 18.4 Å². The van der Waals surface area contributed by atoms with Crippen molar-refractivity contribution in [1.29, 1.82) is 0 Å². The summed E-state index contributed by atoms with van der Waals surface area (Å²) >= 11 is 0. The number of ether oxygens (including phenoxy) is 3. The van der Waals surface area contributed by atoms with Crippen LogP contribution in [0.15, 0.2) is 18.2 Å². The molecule has 156 valence electrons. The average Bonchev–Trinajstić information content (AvgIpc) is 2.75. The molecular weight excluding hydrogens is 358 g/mol. The van der Waals surface area contributed by atoms with Gasteiger partial charge in [-0.05, 0) is 44.1 Å². The Hall–Kier alpha value is -1.83. The van der Waals surface area contributed by atoms with Gasteiger partial charge in [-0.3, -0.25) is 14.6 Å². The van der Waals surface area contributed by atoms with Crippen molar-refractivity contribution in [2.75, 3.05) is 66.7 Å². The molecule has 0 bridgehead atoms. The highest BCUT2D eigenvalue weighted by Gasteiger charge is 2.25. The third-order valence-electron chi connectivity index (χ3n) is 5.67. The number of amides is 1. The molecule has 0 unspecified atom stereocenters. The van der Waals surface area contributed by atoms with Crippen LogP contribution in [0.3, 0.4) is 0 Å². The fourth-order valence-electron chi connectivity index (χ4n) is 3.91. The minimum absolute atomic E-state index is 0.119. The highest BCUT2D eigenvalue weighted by Crippen LogP contribution is 2.27. The molecule has 0 saturated carbocycles. The Labute approximate surface area is 167 Å². The molecule has 2 fully saturated rings. The van der Waals surface area contributed by atoms with E-state index in [0.717, 1.165) is 88.9 Å². The number of nitrogens with zero attached hydrogens (tertiary/aromatic N) is 2. The van der Waals surface area contributed by atoms with Crippen molar-refractivity contribution < 1.29 is 19.0 Å². The molecule has 2 heterocycles. The van der Waals surface area contributed by atoms with E-state index < -0.39 is 0 Å². The molecule has 7 nitrogen and oxygen atoms in total. The summed E-state index contributed by atoms with van der Waals surface area (Å²) in [5.41, 5.74) is 1.12. The lowest BCUT2D eigenvalue weighted by molar-refractivity contribution is -0.126. The maximum absolute atomic E-state index is 12.5. The summed E-state index contributed by atoms with van der Waals surface area (Å²) in [6.45, 7) is 7.79. The monoisotopic (exact) mass is 391 g/mol. The molecular formula is C21H33N3O4. The molecule has 1 N–H and O–H groups in total. The van der Waals surface area contributed by atoms with Crippen LogP contribution in [0.25, 0.3) is 0 Å². The number of benzene rings is 1. The third kappa shape index (κ3) is 5.83. The van der Waals surface area contributed by atoms with Gasteiger partial charge in [0, 0.05) is 44.2 Å². The highest BCUT2D eigenvalue weighted by molar-refractivity contribution is 5.78. The topological polar surface area (TPSA) is 63.3 Å². The van der Waals surface area contributed by atoms with E-state index in [2.05, 4.69) is 15.1 Å². The number of carbonyl (C=O) groups excluding carboxylic acids is 1. The number of hydrogen-bond acceptors (Lipinski definition) is 6. The van der Waals surface area contributed by atoms with Gasteiger partial charge in [-0.2, -0.15) is 0 Å². The van der Waals surface area contributed by atoms with Gasteiger partial charge in [0.1, 0.15) is 11.5 Å². The number of nitrogens with one attached hydrogen (secondary N) is 1. The van der Waals surface area contributed by atoms with Gasteiger partial charge in [0.25, 0.3) is 0 Å². The van der Waals surface area contributed by atoms with Crippen LogP contribution in [0.5, 0.6) is 11.5 Å². The zero-order chi connectivity index (χ0) is 19.8. The van der Waals surface area contributed by atoms with Crippen LogP contribution >= 0.6 is 0 Å². The first-order chi connectivity index (χ1) is 13.7. The van der Waals surface area contributed by atoms with Crippen LogP contribution in [0.4, 0.5) is 0 Å². The Morgan fingerprint density at radius 2 is 1.86 bits per heavy atom. The van der Waals surface area contributed by atoms with Gasteiger partial charge in [0.05, 0.1) is 27.4 Å². The molecule has 2 aliphatic heterocycles. The van der Waals surface area contributed by atoms with Crippen molar-refractivity contribution in [2.45, 2.75) is 19.4 Å². The van der Waals surface area contributed by atoms with E-state index in [0.29, 0.717) is 0 Å². The molecule has 0 spiro atoms. The quantitative estimate of drug-likeness (QED) is 0.722. The van der Waals surface area contributed by atoms with Crippen LogP contribution < -0.4 is 14.8 Å². The number of methoxy groups -OCH3 is 2. The first kappa shape index (κ1) is 20.9. The second-order valence-corrected chi connectivity index (χ2v) is 7.47. The maximum atomic E-state index is 12.5. The normalized spacial score (nSPS) is 19.4. The Morgan fingerprint density at radius 1 is 1.11 bits per heavy atom. The predicted molar refractivity (Wildman–Crippen MR) is 108 cm³/mol. The number of likely N-dealkylation sites (tertiary alicyclic amines) is 1. The molecule has 28 heavy (non-hydrogen) atoms. The molecule has 0 radical (unpaired) electrons. The molecule has 1 aromatic rings. The number of carbonyl (C=O) groups is 1. The summed E-state index contributed by atoms with van der Waals surface area (Å²) < 4.78 is 16.2. The Kier molecular flexibility index (Phi) is 7.94. The summed E-state index contributed by atoms with van der Waals surface area (Å²) in [5, 5.41) is 3.12. The van der Waals surface area contributed by atoms with Gasteiger partial charge in [-0.1, -0.05) is 0 Å². The summed E-state index contributed by atoms with van der Waals surface area (Å²) in [4.78, 5) is 17.2. The molecule has 0 aromatic heterocycles. The van der Waals surface area contributed by atoms with Gasteiger partial charge < -0.3 is 19.5 Å². The van der Waals surface area contributed by atoms with Gasteiger partial charge in [0.2, 0.25) is 5.91 Å². The predicted octanol–water partition coefficient (Wildman–Crippen LogP) is 1.36. The van der Waals surface area contributed by atoms with E-state index in [1.807, 2.05) is 18.2 Å².